The van der Waals surface area contributed by atoms with E-state index in [4.69, 9.17) is 9.47 Å². The van der Waals surface area contributed by atoms with Crippen LogP contribution in [0.4, 0.5) is 0 Å². The number of hydrogen-bond donors (Lipinski definition) is 4. The van der Waals surface area contributed by atoms with Gasteiger partial charge in [-0.15, -0.1) is 0 Å². The molecule has 0 aromatic heterocycles. The van der Waals surface area contributed by atoms with Gasteiger partial charge in [-0.3, -0.25) is 9.59 Å². The summed E-state index contributed by atoms with van der Waals surface area (Å²) in [6.45, 7) is 7.40. The van der Waals surface area contributed by atoms with Crippen molar-refractivity contribution in [3.63, 3.8) is 0 Å². The van der Waals surface area contributed by atoms with E-state index in [1.54, 1.807) is 13.8 Å². The number of carbonyl (C=O) groups is 2. The van der Waals surface area contributed by atoms with Crippen LogP contribution in [0, 0.1) is 16.7 Å². The van der Waals surface area contributed by atoms with Crippen molar-refractivity contribution in [2.75, 3.05) is 0 Å². The average molecular weight is 412 g/mol. The zero-order chi connectivity index (χ0) is 21.8. The second kappa shape index (κ2) is 7.51. The summed E-state index contributed by atoms with van der Waals surface area (Å²) in [6, 6.07) is 0. The number of aldehydes is 2. The molecule has 29 heavy (non-hydrogen) atoms. The Morgan fingerprint density at radius 2 is 1.76 bits per heavy atom. The molecule has 3 aliphatic rings. The van der Waals surface area contributed by atoms with E-state index in [9.17, 15) is 30.0 Å². The Morgan fingerprint density at radius 1 is 1.10 bits per heavy atom. The first-order valence-electron chi connectivity index (χ1n) is 10.1. The lowest BCUT2D eigenvalue weighted by Gasteiger charge is -2.60. The van der Waals surface area contributed by atoms with Gasteiger partial charge < -0.3 is 29.9 Å². The summed E-state index contributed by atoms with van der Waals surface area (Å²) in [5.41, 5.74) is -3.32. The number of rotatable bonds is 4. The van der Waals surface area contributed by atoms with Crippen LogP contribution in [0.15, 0.2) is 11.6 Å². The Balaban J connectivity index is 2.04. The lowest BCUT2D eigenvalue weighted by Crippen LogP contribution is -2.65. The standard InChI is InChI=1S/C21H32O8/c1-11-14(24)15(25)16(26)18(28-11)29-13-8-12(9-22)21(27,10-23)20(4)7-5-6-19(2,3)17(13)20/h8-11,13-18,24-27H,5-7H2,1-4H3/t11-,13+,14-,15+,16-,17+,18-,20-,21+/m0/s1. The fourth-order valence-corrected chi connectivity index (χ4v) is 5.78. The van der Waals surface area contributed by atoms with Crippen molar-refractivity contribution in [1.82, 2.24) is 0 Å². The van der Waals surface area contributed by atoms with Crippen molar-refractivity contribution < 1.29 is 39.5 Å². The molecule has 3 rings (SSSR count). The maximum Gasteiger partial charge on any atom is 0.187 e. The molecule has 0 amide bonds. The summed E-state index contributed by atoms with van der Waals surface area (Å²) < 4.78 is 11.6. The normalized spacial score (nSPS) is 49.7. The van der Waals surface area contributed by atoms with Gasteiger partial charge in [0.25, 0.3) is 0 Å². The predicted molar refractivity (Wildman–Crippen MR) is 102 cm³/mol. The molecule has 2 aliphatic carbocycles. The van der Waals surface area contributed by atoms with Gasteiger partial charge >= 0.3 is 0 Å². The minimum Gasteiger partial charge on any atom is -0.388 e. The summed E-state index contributed by atoms with van der Waals surface area (Å²) in [6.07, 6.45) is -2.48. The van der Waals surface area contributed by atoms with Crippen LogP contribution < -0.4 is 0 Å². The topological polar surface area (TPSA) is 134 Å². The molecule has 1 aliphatic heterocycles. The highest BCUT2D eigenvalue weighted by Crippen LogP contribution is 2.61. The number of ether oxygens (including phenoxy) is 2. The third-order valence-electron chi connectivity index (χ3n) is 7.43. The van der Waals surface area contributed by atoms with Gasteiger partial charge in [-0.2, -0.15) is 0 Å². The number of aliphatic hydroxyl groups excluding tert-OH is 3. The summed E-state index contributed by atoms with van der Waals surface area (Å²) in [5.74, 6) is -0.363. The summed E-state index contributed by atoms with van der Waals surface area (Å²) in [4.78, 5) is 23.7. The van der Waals surface area contributed by atoms with Crippen molar-refractivity contribution in [3.05, 3.63) is 11.6 Å². The largest absolute Gasteiger partial charge is 0.388 e. The molecule has 0 bridgehead atoms. The molecule has 0 spiro atoms. The molecule has 1 saturated carbocycles. The van der Waals surface area contributed by atoms with Crippen LogP contribution in [0.25, 0.3) is 0 Å². The lowest BCUT2D eigenvalue weighted by atomic mass is 9.46. The van der Waals surface area contributed by atoms with Crippen molar-refractivity contribution in [1.29, 1.82) is 0 Å². The van der Waals surface area contributed by atoms with E-state index in [1.165, 1.54) is 6.08 Å². The van der Waals surface area contributed by atoms with Gasteiger partial charge in [-0.1, -0.05) is 27.2 Å². The lowest BCUT2D eigenvalue weighted by molar-refractivity contribution is -0.314. The summed E-state index contributed by atoms with van der Waals surface area (Å²) in [5, 5.41) is 41.6. The quantitative estimate of drug-likeness (QED) is 0.478. The Labute approximate surface area is 170 Å². The van der Waals surface area contributed by atoms with E-state index >= 15 is 0 Å². The first-order valence-corrected chi connectivity index (χ1v) is 10.1. The van der Waals surface area contributed by atoms with E-state index in [1.807, 2.05) is 13.8 Å². The zero-order valence-corrected chi connectivity index (χ0v) is 17.3. The van der Waals surface area contributed by atoms with Crippen molar-refractivity contribution >= 4 is 12.6 Å². The fraction of sp³-hybridized carbons (Fsp3) is 0.810. The van der Waals surface area contributed by atoms with Crippen LogP contribution in [0.3, 0.4) is 0 Å². The van der Waals surface area contributed by atoms with Crippen LogP contribution >= 0.6 is 0 Å². The van der Waals surface area contributed by atoms with Gasteiger partial charge in [0.1, 0.15) is 24.6 Å². The average Bonchev–Trinajstić information content (AvgIpc) is 2.66. The third-order valence-corrected chi connectivity index (χ3v) is 7.43. The molecule has 164 valence electrons. The maximum absolute atomic E-state index is 12.0. The molecule has 8 nitrogen and oxygen atoms in total. The summed E-state index contributed by atoms with van der Waals surface area (Å²) >= 11 is 0. The SMILES string of the molecule is C[C@@H]1O[C@@H](O[C@@H]2C=C(C=O)[C@](O)(C=O)[C@@]3(C)CCCC(C)(C)[C@@H]23)[C@@H](O)[C@H](O)[C@H]1O. The van der Waals surface area contributed by atoms with Crippen LogP contribution in [0.2, 0.25) is 0 Å². The van der Waals surface area contributed by atoms with Gasteiger partial charge in [0.2, 0.25) is 0 Å². The molecule has 1 heterocycles. The zero-order valence-electron chi connectivity index (χ0n) is 17.3. The molecular weight excluding hydrogens is 380 g/mol. The number of aliphatic hydroxyl groups is 4. The van der Waals surface area contributed by atoms with Crippen LogP contribution in [0.1, 0.15) is 47.0 Å². The number of fused-ring (bicyclic) bond motifs is 1. The molecular formula is C21H32O8. The monoisotopic (exact) mass is 412 g/mol. The van der Waals surface area contributed by atoms with E-state index in [2.05, 4.69) is 0 Å². The molecule has 0 radical (unpaired) electrons. The second-order valence-electron chi connectivity index (χ2n) is 9.64. The second-order valence-corrected chi connectivity index (χ2v) is 9.64. The van der Waals surface area contributed by atoms with Crippen molar-refractivity contribution in [3.8, 4) is 0 Å². The van der Waals surface area contributed by atoms with Crippen LogP contribution in [-0.2, 0) is 19.1 Å². The Bertz CT molecular complexity index is 690. The van der Waals surface area contributed by atoms with Gasteiger partial charge in [0.05, 0.1) is 12.2 Å². The molecule has 8 heteroatoms. The van der Waals surface area contributed by atoms with E-state index < -0.39 is 47.8 Å². The molecule has 1 saturated heterocycles. The molecule has 0 aromatic carbocycles. The molecule has 0 aromatic rings. The van der Waals surface area contributed by atoms with Crippen molar-refractivity contribution in [2.45, 2.75) is 89.4 Å². The van der Waals surface area contributed by atoms with E-state index in [0.717, 1.165) is 12.8 Å². The van der Waals surface area contributed by atoms with Crippen LogP contribution in [-0.4, -0.2) is 75.4 Å². The number of hydrogen-bond acceptors (Lipinski definition) is 8. The smallest absolute Gasteiger partial charge is 0.187 e. The van der Waals surface area contributed by atoms with Crippen molar-refractivity contribution in [2.24, 2.45) is 16.7 Å². The molecule has 9 atom stereocenters. The van der Waals surface area contributed by atoms with E-state index in [0.29, 0.717) is 19.0 Å². The van der Waals surface area contributed by atoms with Gasteiger partial charge in [0, 0.05) is 16.9 Å². The molecule has 4 N–H and O–H groups in total. The maximum atomic E-state index is 12.0. The minimum absolute atomic E-state index is 0.0760. The Kier molecular flexibility index (Phi) is 5.84. The fourth-order valence-electron chi connectivity index (χ4n) is 5.78. The molecule has 0 unspecified atom stereocenters. The summed E-state index contributed by atoms with van der Waals surface area (Å²) in [7, 11) is 0. The van der Waals surface area contributed by atoms with Gasteiger partial charge in [0.15, 0.2) is 18.2 Å². The number of carbonyl (C=O) groups excluding carboxylic acids is 2. The van der Waals surface area contributed by atoms with Gasteiger partial charge in [-0.05, 0) is 31.3 Å². The highest BCUT2D eigenvalue weighted by molar-refractivity contribution is 5.88. The first kappa shape index (κ1) is 22.5. The minimum atomic E-state index is -1.94. The molecule has 2 fully saturated rings. The Hall–Kier alpha value is -1.16. The van der Waals surface area contributed by atoms with Gasteiger partial charge in [-0.25, -0.2) is 0 Å². The van der Waals surface area contributed by atoms with Crippen LogP contribution in [0.5, 0.6) is 0 Å². The highest BCUT2D eigenvalue weighted by Gasteiger charge is 2.64. The van der Waals surface area contributed by atoms with E-state index in [-0.39, 0.29) is 16.9 Å². The third kappa shape index (κ3) is 3.30. The highest BCUT2D eigenvalue weighted by atomic mass is 16.7. The first-order chi connectivity index (χ1) is 13.4. The Morgan fingerprint density at radius 3 is 2.34 bits per heavy atom. The predicted octanol–water partition coefficient (Wildman–Crippen LogP) is 0.101.